The molecule has 2 rings (SSSR count). The lowest BCUT2D eigenvalue weighted by atomic mass is 10.1. The van der Waals surface area contributed by atoms with E-state index in [2.05, 4.69) is 11.0 Å². The predicted octanol–water partition coefficient (Wildman–Crippen LogP) is 2.64. The molecule has 1 atom stereocenters. The fourth-order valence-electron chi connectivity index (χ4n) is 3.00. The van der Waals surface area contributed by atoms with Crippen LogP contribution in [-0.2, 0) is 9.53 Å². The second kappa shape index (κ2) is 9.78. The van der Waals surface area contributed by atoms with Crippen molar-refractivity contribution in [1.29, 1.82) is 0 Å². The standard InChI is InChI=1S/C20H32N2O3/c1-16-7-8-17(2)19(15-16)25-18(3)20(23)21(4)9-5-6-10-22-11-13-24-14-12-22/h7-8,15,18H,5-6,9-14H2,1-4H3. The normalized spacial score (nSPS) is 16.5. The maximum atomic E-state index is 12.5. The van der Waals surface area contributed by atoms with Gasteiger partial charge in [0.1, 0.15) is 5.75 Å². The molecule has 0 radical (unpaired) electrons. The number of hydrogen-bond acceptors (Lipinski definition) is 4. The Hall–Kier alpha value is -1.59. The summed E-state index contributed by atoms with van der Waals surface area (Å²) >= 11 is 0. The van der Waals surface area contributed by atoms with Crippen LogP contribution in [0, 0.1) is 13.8 Å². The SMILES string of the molecule is Cc1ccc(C)c(OC(C)C(=O)N(C)CCCCN2CCOCC2)c1. The number of unbranched alkanes of at least 4 members (excludes halogenated alkanes) is 1. The Labute approximate surface area is 151 Å². The number of morpholine rings is 1. The fourth-order valence-corrected chi connectivity index (χ4v) is 3.00. The molecule has 1 heterocycles. The van der Waals surface area contributed by atoms with Crippen LogP contribution in [0.15, 0.2) is 18.2 Å². The van der Waals surface area contributed by atoms with Gasteiger partial charge in [0.2, 0.25) is 0 Å². The molecule has 0 N–H and O–H groups in total. The number of ether oxygens (including phenoxy) is 2. The largest absolute Gasteiger partial charge is 0.481 e. The third-order valence-electron chi connectivity index (χ3n) is 4.69. The zero-order chi connectivity index (χ0) is 18.2. The molecule has 1 amide bonds. The van der Waals surface area contributed by atoms with E-state index in [0.29, 0.717) is 0 Å². The highest BCUT2D eigenvalue weighted by Gasteiger charge is 2.20. The molecule has 1 saturated heterocycles. The van der Waals surface area contributed by atoms with Gasteiger partial charge in [-0.3, -0.25) is 9.69 Å². The van der Waals surface area contributed by atoms with Crippen LogP contribution in [0.5, 0.6) is 5.75 Å². The number of benzene rings is 1. The molecule has 0 aliphatic carbocycles. The van der Waals surface area contributed by atoms with E-state index >= 15 is 0 Å². The average Bonchev–Trinajstić information content (AvgIpc) is 2.61. The molecule has 5 nitrogen and oxygen atoms in total. The monoisotopic (exact) mass is 348 g/mol. The topological polar surface area (TPSA) is 42.0 Å². The first-order valence-corrected chi connectivity index (χ1v) is 9.26. The molecule has 0 aromatic heterocycles. The molecular weight excluding hydrogens is 316 g/mol. The van der Waals surface area contributed by atoms with E-state index in [1.807, 2.05) is 40.0 Å². The second-order valence-corrected chi connectivity index (χ2v) is 6.95. The van der Waals surface area contributed by atoms with Crippen LogP contribution >= 0.6 is 0 Å². The lowest BCUT2D eigenvalue weighted by molar-refractivity contribution is -0.136. The highest BCUT2D eigenvalue weighted by Crippen LogP contribution is 2.20. The Morgan fingerprint density at radius 3 is 2.72 bits per heavy atom. The summed E-state index contributed by atoms with van der Waals surface area (Å²) in [6, 6.07) is 6.06. The number of carbonyl (C=O) groups excluding carboxylic acids is 1. The molecule has 0 saturated carbocycles. The number of likely N-dealkylation sites (N-methyl/N-ethyl adjacent to an activating group) is 1. The van der Waals surface area contributed by atoms with Gasteiger partial charge in [0, 0.05) is 26.7 Å². The summed E-state index contributed by atoms with van der Waals surface area (Å²) < 4.78 is 11.3. The Bertz CT molecular complexity index is 556. The highest BCUT2D eigenvalue weighted by atomic mass is 16.5. The summed E-state index contributed by atoms with van der Waals surface area (Å²) in [6.07, 6.45) is 1.64. The van der Waals surface area contributed by atoms with E-state index in [0.717, 1.165) is 69.1 Å². The van der Waals surface area contributed by atoms with Gasteiger partial charge in [-0.2, -0.15) is 0 Å². The second-order valence-electron chi connectivity index (χ2n) is 6.95. The number of aryl methyl sites for hydroxylation is 2. The molecule has 25 heavy (non-hydrogen) atoms. The van der Waals surface area contributed by atoms with E-state index in [9.17, 15) is 4.79 Å². The number of rotatable bonds is 8. The van der Waals surface area contributed by atoms with Gasteiger partial charge in [-0.05, 0) is 57.4 Å². The van der Waals surface area contributed by atoms with Crippen molar-refractivity contribution in [2.75, 3.05) is 46.4 Å². The summed E-state index contributed by atoms with van der Waals surface area (Å²) in [5, 5.41) is 0. The zero-order valence-corrected chi connectivity index (χ0v) is 16.1. The van der Waals surface area contributed by atoms with Gasteiger partial charge in [0.25, 0.3) is 5.91 Å². The minimum Gasteiger partial charge on any atom is -0.481 e. The van der Waals surface area contributed by atoms with E-state index < -0.39 is 6.10 Å². The molecule has 1 aromatic rings. The van der Waals surface area contributed by atoms with Crippen molar-refractivity contribution in [2.24, 2.45) is 0 Å². The Balaban J connectivity index is 1.71. The number of hydrogen-bond donors (Lipinski definition) is 0. The smallest absolute Gasteiger partial charge is 0.263 e. The van der Waals surface area contributed by atoms with Gasteiger partial charge in [-0.1, -0.05) is 12.1 Å². The van der Waals surface area contributed by atoms with E-state index in [4.69, 9.17) is 9.47 Å². The summed E-state index contributed by atoms with van der Waals surface area (Å²) in [4.78, 5) is 16.7. The van der Waals surface area contributed by atoms with Gasteiger partial charge in [0.15, 0.2) is 6.10 Å². The minimum atomic E-state index is -0.468. The highest BCUT2D eigenvalue weighted by molar-refractivity contribution is 5.80. The Morgan fingerprint density at radius 1 is 1.28 bits per heavy atom. The summed E-state index contributed by atoms with van der Waals surface area (Å²) in [5.74, 6) is 0.828. The molecule has 5 heteroatoms. The maximum absolute atomic E-state index is 12.5. The van der Waals surface area contributed by atoms with Crippen molar-refractivity contribution < 1.29 is 14.3 Å². The van der Waals surface area contributed by atoms with Crippen LogP contribution in [-0.4, -0.2) is 68.3 Å². The first kappa shape index (κ1) is 19.7. The molecule has 140 valence electrons. The van der Waals surface area contributed by atoms with Crippen LogP contribution in [0.2, 0.25) is 0 Å². The number of nitrogens with zero attached hydrogens (tertiary/aromatic N) is 2. The molecule has 0 bridgehead atoms. The van der Waals surface area contributed by atoms with E-state index in [1.165, 1.54) is 0 Å². The van der Waals surface area contributed by atoms with Gasteiger partial charge < -0.3 is 14.4 Å². The van der Waals surface area contributed by atoms with Crippen LogP contribution in [0.4, 0.5) is 0 Å². The van der Waals surface area contributed by atoms with Crippen LogP contribution < -0.4 is 4.74 Å². The summed E-state index contributed by atoms with van der Waals surface area (Å²) in [6.45, 7) is 11.4. The third kappa shape index (κ3) is 6.33. The number of carbonyl (C=O) groups is 1. The van der Waals surface area contributed by atoms with Crippen molar-refractivity contribution >= 4 is 5.91 Å². The molecule has 0 spiro atoms. The van der Waals surface area contributed by atoms with Gasteiger partial charge >= 0.3 is 0 Å². The van der Waals surface area contributed by atoms with Gasteiger partial charge in [-0.25, -0.2) is 0 Å². The van der Waals surface area contributed by atoms with Crippen LogP contribution in [0.3, 0.4) is 0 Å². The first-order chi connectivity index (χ1) is 12.0. The van der Waals surface area contributed by atoms with Crippen molar-refractivity contribution in [3.63, 3.8) is 0 Å². The third-order valence-corrected chi connectivity index (χ3v) is 4.69. The first-order valence-electron chi connectivity index (χ1n) is 9.26. The molecular formula is C20H32N2O3. The van der Waals surface area contributed by atoms with Gasteiger partial charge in [-0.15, -0.1) is 0 Å². The minimum absolute atomic E-state index is 0.0345. The Morgan fingerprint density at radius 2 is 2.00 bits per heavy atom. The average molecular weight is 348 g/mol. The predicted molar refractivity (Wildman–Crippen MR) is 100 cm³/mol. The van der Waals surface area contributed by atoms with Crippen molar-refractivity contribution in [3.05, 3.63) is 29.3 Å². The molecule has 1 unspecified atom stereocenters. The van der Waals surface area contributed by atoms with Crippen LogP contribution in [0.25, 0.3) is 0 Å². The van der Waals surface area contributed by atoms with Crippen molar-refractivity contribution in [1.82, 2.24) is 9.80 Å². The molecule has 1 fully saturated rings. The van der Waals surface area contributed by atoms with Crippen LogP contribution in [0.1, 0.15) is 30.9 Å². The van der Waals surface area contributed by atoms with E-state index in [1.54, 1.807) is 4.90 Å². The lowest BCUT2D eigenvalue weighted by Gasteiger charge is -2.27. The zero-order valence-electron chi connectivity index (χ0n) is 16.1. The fraction of sp³-hybridized carbons (Fsp3) is 0.650. The van der Waals surface area contributed by atoms with Crippen molar-refractivity contribution in [3.8, 4) is 5.75 Å². The maximum Gasteiger partial charge on any atom is 0.263 e. The number of amides is 1. The molecule has 1 aliphatic rings. The summed E-state index contributed by atoms with van der Waals surface area (Å²) in [7, 11) is 1.86. The molecule has 1 aliphatic heterocycles. The summed E-state index contributed by atoms with van der Waals surface area (Å²) in [5.41, 5.74) is 2.19. The van der Waals surface area contributed by atoms with Crippen molar-refractivity contribution in [2.45, 2.75) is 39.7 Å². The quantitative estimate of drug-likeness (QED) is 0.678. The van der Waals surface area contributed by atoms with E-state index in [-0.39, 0.29) is 5.91 Å². The lowest BCUT2D eigenvalue weighted by Crippen LogP contribution is -2.39. The Kier molecular flexibility index (Phi) is 7.72. The molecule has 1 aromatic carbocycles. The van der Waals surface area contributed by atoms with Gasteiger partial charge in [0.05, 0.1) is 13.2 Å².